The lowest BCUT2D eigenvalue weighted by molar-refractivity contribution is 0.0603. The zero-order valence-electron chi connectivity index (χ0n) is 11.2. The van der Waals surface area contributed by atoms with E-state index >= 15 is 0 Å². The van der Waals surface area contributed by atoms with Crippen LogP contribution in [0.4, 0.5) is 11.6 Å². The van der Waals surface area contributed by atoms with E-state index in [-0.39, 0.29) is 11.4 Å². The molecule has 106 valence electrons. The van der Waals surface area contributed by atoms with Crippen LogP contribution in [0.5, 0.6) is 0 Å². The maximum atomic E-state index is 11.7. The van der Waals surface area contributed by atoms with Crippen LogP contribution >= 0.6 is 11.6 Å². The summed E-state index contributed by atoms with van der Waals surface area (Å²) in [4.78, 5) is 11.7. The van der Waals surface area contributed by atoms with Crippen molar-refractivity contribution in [1.29, 1.82) is 0 Å². The van der Waals surface area contributed by atoms with E-state index in [0.29, 0.717) is 17.4 Å². The highest BCUT2D eigenvalue weighted by molar-refractivity contribution is 6.31. The first-order chi connectivity index (χ1) is 9.58. The van der Waals surface area contributed by atoms with Crippen molar-refractivity contribution in [3.8, 4) is 0 Å². The van der Waals surface area contributed by atoms with Gasteiger partial charge in [-0.15, -0.1) is 0 Å². The van der Waals surface area contributed by atoms with Gasteiger partial charge in [-0.3, -0.25) is 0 Å². The van der Waals surface area contributed by atoms with Crippen LogP contribution in [0.25, 0.3) is 0 Å². The third kappa shape index (κ3) is 2.55. The van der Waals surface area contributed by atoms with Crippen LogP contribution in [0.15, 0.2) is 24.3 Å². The Morgan fingerprint density at radius 3 is 2.80 bits per heavy atom. The Balaban J connectivity index is 2.41. The van der Waals surface area contributed by atoms with Gasteiger partial charge in [0.1, 0.15) is 11.4 Å². The first-order valence-corrected chi connectivity index (χ1v) is 6.32. The summed E-state index contributed by atoms with van der Waals surface area (Å²) in [6.07, 6.45) is 0. The fraction of sp³-hybridized carbons (Fsp3) is 0.231. The normalized spacial score (nSPS) is 10.3. The largest absolute Gasteiger partial charge is 0.465 e. The zero-order valence-corrected chi connectivity index (χ0v) is 11.9. The minimum atomic E-state index is -0.530. The van der Waals surface area contributed by atoms with Crippen molar-refractivity contribution in [3.05, 3.63) is 40.4 Å². The summed E-state index contributed by atoms with van der Waals surface area (Å²) in [5.41, 5.74) is 7.06. The Bertz CT molecular complexity index is 639. The van der Waals surface area contributed by atoms with Gasteiger partial charge in [0.2, 0.25) is 0 Å². The molecule has 0 atom stereocenters. The van der Waals surface area contributed by atoms with Crippen LogP contribution in [0.3, 0.4) is 0 Å². The first-order valence-electron chi connectivity index (χ1n) is 5.94. The van der Waals surface area contributed by atoms with Crippen molar-refractivity contribution in [2.24, 2.45) is 0 Å². The van der Waals surface area contributed by atoms with Gasteiger partial charge in [0, 0.05) is 12.1 Å². The van der Waals surface area contributed by atoms with Gasteiger partial charge in [-0.05, 0) is 11.6 Å². The van der Waals surface area contributed by atoms with Crippen LogP contribution < -0.4 is 11.1 Å². The second kappa shape index (κ2) is 5.83. The standard InChI is InChI=1S/C13H15ClN4O2/c1-16-12-10(13(19)20-2)11(15)18(17-12)7-8-5-3-4-6-9(8)14/h3-6H,7,15H2,1-2H3,(H,16,17). The fourth-order valence-electron chi connectivity index (χ4n) is 1.86. The predicted molar refractivity (Wildman–Crippen MR) is 78.1 cm³/mol. The topological polar surface area (TPSA) is 82.2 Å². The van der Waals surface area contributed by atoms with Crippen LogP contribution in [-0.4, -0.2) is 29.9 Å². The predicted octanol–water partition coefficient (Wildman–Crippen LogP) is 2.00. The van der Waals surface area contributed by atoms with Crippen molar-refractivity contribution in [3.63, 3.8) is 0 Å². The lowest BCUT2D eigenvalue weighted by Gasteiger charge is -2.06. The van der Waals surface area contributed by atoms with E-state index < -0.39 is 5.97 Å². The molecule has 0 saturated carbocycles. The molecule has 0 radical (unpaired) electrons. The number of hydrogen-bond donors (Lipinski definition) is 2. The molecule has 3 N–H and O–H groups in total. The Morgan fingerprint density at radius 2 is 2.20 bits per heavy atom. The second-order valence-corrected chi connectivity index (χ2v) is 4.51. The highest BCUT2D eigenvalue weighted by Gasteiger charge is 2.22. The van der Waals surface area contributed by atoms with Crippen LogP contribution in [-0.2, 0) is 11.3 Å². The Hall–Kier alpha value is -2.21. The summed E-state index contributed by atoms with van der Waals surface area (Å²) in [5, 5.41) is 7.70. The molecular formula is C13H15ClN4O2. The summed E-state index contributed by atoms with van der Waals surface area (Å²) in [7, 11) is 2.96. The highest BCUT2D eigenvalue weighted by atomic mass is 35.5. The number of hydrogen-bond acceptors (Lipinski definition) is 5. The molecule has 6 nitrogen and oxygen atoms in total. The summed E-state index contributed by atoms with van der Waals surface area (Å²) < 4.78 is 6.22. The molecular weight excluding hydrogens is 280 g/mol. The summed E-state index contributed by atoms with van der Waals surface area (Å²) in [6.45, 7) is 0.372. The molecule has 0 aliphatic heterocycles. The van der Waals surface area contributed by atoms with Crippen LogP contribution in [0.2, 0.25) is 5.02 Å². The third-order valence-electron chi connectivity index (χ3n) is 2.90. The number of benzene rings is 1. The quantitative estimate of drug-likeness (QED) is 0.843. The molecule has 1 aromatic heterocycles. The third-order valence-corrected chi connectivity index (χ3v) is 3.26. The molecule has 0 bridgehead atoms. The van der Waals surface area contributed by atoms with Crippen LogP contribution in [0, 0.1) is 0 Å². The SMILES string of the molecule is CNc1nn(Cc2ccccc2Cl)c(N)c1C(=O)OC. The molecule has 2 aromatic rings. The fourth-order valence-corrected chi connectivity index (χ4v) is 2.06. The Labute approximate surface area is 121 Å². The number of carbonyl (C=O) groups excluding carboxylic acids is 1. The molecule has 0 unspecified atom stereocenters. The van der Waals surface area contributed by atoms with Crippen LogP contribution in [0.1, 0.15) is 15.9 Å². The van der Waals surface area contributed by atoms with Crippen molar-refractivity contribution in [2.45, 2.75) is 6.54 Å². The van der Waals surface area contributed by atoms with Gasteiger partial charge in [-0.25, -0.2) is 9.48 Å². The number of ether oxygens (including phenoxy) is 1. The maximum absolute atomic E-state index is 11.7. The van der Waals surface area contributed by atoms with E-state index in [1.165, 1.54) is 11.8 Å². The molecule has 0 saturated heterocycles. The molecule has 0 spiro atoms. The summed E-state index contributed by atoms with van der Waals surface area (Å²) >= 11 is 6.11. The number of nitrogens with one attached hydrogen (secondary N) is 1. The van der Waals surface area contributed by atoms with E-state index in [4.69, 9.17) is 22.1 Å². The van der Waals surface area contributed by atoms with E-state index in [2.05, 4.69) is 10.4 Å². The number of nitrogens with two attached hydrogens (primary N) is 1. The number of esters is 1. The number of aromatic nitrogens is 2. The van der Waals surface area contributed by atoms with Gasteiger partial charge in [-0.2, -0.15) is 5.10 Å². The molecule has 1 heterocycles. The number of anilines is 2. The van der Waals surface area contributed by atoms with E-state index in [1.54, 1.807) is 13.1 Å². The number of halogens is 1. The molecule has 0 amide bonds. The molecule has 0 aliphatic carbocycles. The highest BCUT2D eigenvalue weighted by Crippen LogP contribution is 2.24. The molecule has 7 heteroatoms. The Morgan fingerprint density at radius 1 is 1.50 bits per heavy atom. The van der Waals surface area contributed by atoms with Gasteiger partial charge in [0.25, 0.3) is 0 Å². The zero-order chi connectivity index (χ0) is 14.7. The van der Waals surface area contributed by atoms with Gasteiger partial charge in [0.15, 0.2) is 5.82 Å². The number of rotatable bonds is 4. The smallest absolute Gasteiger partial charge is 0.345 e. The van der Waals surface area contributed by atoms with Gasteiger partial charge in [-0.1, -0.05) is 29.8 Å². The summed E-state index contributed by atoms with van der Waals surface area (Å²) in [6, 6.07) is 7.38. The lowest BCUT2D eigenvalue weighted by Crippen LogP contribution is -2.09. The van der Waals surface area contributed by atoms with Crippen molar-refractivity contribution in [1.82, 2.24) is 9.78 Å². The van der Waals surface area contributed by atoms with Gasteiger partial charge in [0.05, 0.1) is 13.7 Å². The van der Waals surface area contributed by atoms with E-state index in [9.17, 15) is 4.79 Å². The Kier molecular flexibility index (Phi) is 4.14. The maximum Gasteiger partial charge on any atom is 0.345 e. The summed E-state index contributed by atoms with van der Waals surface area (Å²) in [5.74, 6) is 0.0831. The first kappa shape index (κ1) is 14.2. The number of carbonyl (C=O) groups is 1. The average Bonchev–Trinajstić information content (AvgIpc) is 2.77. The van der Waals surface area contributed by atoms with Gasteiger partial charge >= 0.3 is 5.97 Å². The molecule has 1 aromatic carbocycles. The number of nitrogen functional groups attached to an aromatic ring is 1. The lowest BCUT2D eigenvalue weighted by atomic mass is 10.2. The number of nitrogens with zero attached hydrogens (tertiary/aromatic N) is 2. The van der Waals surface area contributed by atoms with Crippen molar-refractivity contribution < 1.29 is 9.53 Å². The van der Waals surface area contributed by atoms with Gasteiger partial charge < -0.3 is 15.8 Å². The van der Waals surface area contributed by atoms with E-state index in [0.717, 1.165) is 5.56 Å². The minimum absolute atomic E-state index is 0.224. The molecule has 20 heavy (non-hydrogen) atoms. The second-order valence-electron chi connectivity index (χ2n) is 4.10. The average molecular weight is 295 g/mol. The van der Waals surface area contributed by atoms with E-state index in [1.807, 2.05) is 18.2 Å². The van der Waals surface area contributed by atoms with Crippen molar-refractivity contribution in [2.75, 3.05) is 25.2 Å². The molecule has 2 rings (SSSR count). The molecule has 0 fully saturated rings. The molecule has 0 aliphatic rings. The minimum Gasteiger partial charge on any atom is -0.465 e. The monoisotopic (exact) mass is 294 g/mol. The number of methoxy groups -OCH3 is 1. The van der Waals surface area contributed by atoms with Crippen molar-refractivity contribution >= 4 is 29.2 Å².